The summed E-state index contributed by atoms with van der Waals surface area (Å²) in [5.74, 6) is 0.106. The van der Waals surface area contributed by atoms with Gasteiger partial charge in [-0.15, -0.1) is 0 Å². The Hall–Kier alpha value is -0.180. The Morgan fingerprint density at radius 3 is 2.14 bits per heavy atom. The average Bonchev–Trinajstić information content (AvgIpc) is 2.07. The molecule has 1 nitrogen and oxygen atoms in total. The van der Waals surface area contributed by atoms with Crippen molar-refractivity contribution in [1.29, 1.82) is 0 Å². The van der Waals surface area contributed by atoms with Crippen molar-refractivity contribution in [2.45, 2.75) is 52.1 Å². The van der Waals surface area contributed by atoms with Crippen LogP contribution in [0.4, 0.5) is 8.78 Å². The quantitative estimate of drug-likeness (QED) is 0.640. The lowest BCUT2D eigenvalue weighted by Gasteiger charge is -2.42. The van der Waals surface area contributed by atoms with Crippen LogP contribution in [-0.2, 0) is 4.74 Å². The minimum absolute atomic E-state index is 0.0227. The van der Waals surface area contributed by atoms with E-state index in [1.54, 1.807) is 0 Å². The molecule has 0 bridgehead atoms. The molecule has 0 aliphatic heterocycles. The molecular weight excluding hydrogens is 186 g/mol. The van der Waals surface area contributed by atoms with Gasteiger partial charge in [-0.05, 0) is 24.2 Å². The smallest absolute Gasteiger partial charge is 0.157 e. The number of halogens is 2. The summed E-state index contributed by atoms with van der Waals surface area (Å²) in [5.41, 5.74) is -0.0227. The van der Waals surface area contributed by atoms with Gasteiger partial charge >= 0.3 is 0 Å². The molecule has 0 amide bonds. The standard InChI is InChI=1S/C11H20F2O/c1-11(2,3)7-5-6-8(12)9(13)10(7)14-4/h7-10H,5-6H2,1-4H3. The van der Waals surface area contributed by atoms with E-state index in [-0.39, 0.29) is 11.3 Å². The van der Waals surface area contributed by atoms with E-state index >= 15 is 0 Å². The molecule has 1 saturated carbocycles. The number of hydrogen-bond acceptors (Lipinski definition) is 1. The van der Waals surface area contributed by atoms with E-state index in [4.69, 9.17) is 4.74 Å². The van der Waals surface area contributed by atoms with Gasteiger partial charge in [0.25, 0.3) is 0 Å². The lowest BCUT2D eigenvalue weighted by Crippen LogP contribution is -2.47. The van der Waals surface area contributed by atoms with Gasteiger partial charge in [0, 0.05) is 7.11 Å². The zero-order chi connectivity index (χ0) is 10.9. The SMILES string of the molecule is COC1C(F)C(F)CCC1C(C)(C)C. The highest BCUT2D eigenvalue weighted by atomic mass is 19.2. The van der Waals surface area contributed by atoms with Crippen LogP contribution < -0.4 is 0 Å². The van der Waals surface area contributed by atoms with Gasteiger partial charge in [0.1, 0.15) is 6.17 Å². The number of hydrogen-bond donors (Lipinski definition) is 0. The van der Waals surface area contributed by atoms with Crippen LogP contribution >= 0.6 is 0 Å². The topological polar surface area (TPSA) is 9.23 Å². The normalized spacial score (nSPS) is 39.9. The molecule has 4 atom stereocenters. The van der Waals surface area contributed by atoms with Crippen LogP contribution in [0.1, 0.15) is 33.6 Å². The predicted molar refractivity (Wildman–Crippen MR) is 52.8 cm³/mol. The van der Waals surface area contributed by atoms with E-state index in [1.807, 2.05) is 0 Å². The Labute approximate surface area is 84.8 Å². The fourth-order valence-electron chi connectivity index (χ4n) is 2.31. The minimum Gasteiger partial charge on any atom is -0.378 e. The van der Waals surface area contributed by atoms with Gasteiger partial charge < -0.3 is 4.74 Å². The van der Waals surface area contributed by atoms with Gasteiger partial charge in [0.2, 0.25) is 0 Å². The first-order valence-electron chi connectivity index (χ1n) is 5.19. The van der Waals surface area contributed by atoms with Gasteiger partial charge in [-0.3, -0.25) is 0 Å². The van der Waals surface area contributed by atoms with E-state index in [1.165, 1.54) is 7.11 Å². The number of rotatable bonds is 1. The summed E-state index contributed by atoms with van der Waals surface area (Å²) in [6, 6.07) is 0. The third-order valence-electron chi connectivity index (χ3n) is 3.19. The zero-order valence-corrected chi connectivity index (χ0v) is 9.39. The Bertz CT molecular complexity index is 188. The molecule has 0 aromatic rings. The first kappa shape index (κ1) is 11.9. The molecule has 0 N–H and O–H groups in total. The molecule has 0 aromatic heterocycles. The molecular formula is C11H20F2O. The molecule has 4 unspecified atom stereocenters. The maximum Gasteiger partial charge on any atom is 0.157 e. The zero-order valence-electron chi connectivity index (χ0n) is 9.39. The largest absolute Gasteiger partial charge is 0.378 e. The van der Waals surface area contributed by atoms with E-state index in [2.05, 4.69) is 20.8 Å². The van der Waals surface area contributed by atoms with Gasteiger partial charge in [0.05, 0.1) is 6.10 Å². The van der Waals surface area contributed by atoms with Crippen molar-refractivity contribution >= 4 is 0 Å². The molecule has 1 aliphatic rings. The van der Waals surface area contributed by atoms with Crippen molar-refractivity contribution in [3.05, 3.63) is 0 Å². The lowest BCUT2D eigenvalue weighted by molar-refractivity contribution is -0.0960. The molecule has 0 spiro atoms. The molecule has 1 fully saturated rings. The van der Waals surface area contributed by atoms with Crippen molar-refractivity contribution in [3.8, 4) is 0 Å². The second kappa shape index (κ2) is 4.13. The van der Waals surface area contributed by atoms with Crippen LogP contribution in [0.3, 0.4) is 0 Å². The van der Waals surface area contributed by atoms with Crippen molar-refractivity contribution in [2.75, 3.05) is 7.11 Å². The van der Waals surface area contributed by atoms with Gasteiger partial charge in [-0.2, -0.15) is 0 Å². The first-order chi connectivity index (χ1) is 6.38. The molecule has 0 saturated heterocycles. The molecule has 0 radical (unpaired) electrons. The third-order valence-corrected chi connectivity index (χ3v) is 3.19. The third kappa shape index (κ3) is 2.25. The summed E-state index contributed by atoms with van der Waals surface area (Å²) in [5, 5.41) is 0. The van der Waals surface area contributed by atoms with Crippen molar-refractivity contribution in [3.63, 3.8) is 0 Å². The van der Waals surface area contributed by atoms with Crippen LogP contribution in [0.25, 0.3) is 0 Å². The van der Waals surface area contributed by atoms with E-state index in [0.717, 1.165) is 0 Å². The molecule has 1 rings (SSSR count). The highest BCUT2D eigenvalue weighted by Gasteiger charge is 2.44. The van der Waals surface area contributed by atoms with E-state index in [9.17, 15) is 8.78 Å². The van der Waals surface area contributed by atoms with Crippen LogP contribution in [0.5, 0.6) is 0 Å². The van der Waals surface area contributed by atoms with Crippen molar-refractivity contribution in [1.82, 2.24) is 0 Å². The Kier molecular flexibility index (Phi) is 3.51. The maximum atomic E-state index is 13.5. The number of ether oxygens (including phenoxy) is 1. The molecule has 0 aromatic carbocycles. The van der Waals surface area contributed by atoms with Gasteiger partial charge in [-0.1, -0.05) is 20.8 Å². The fraction of sp³-hybridized carbons (Fsp3) is 1.00. The van der Waals surface area contributed by atoms with Crippen molar-refractivity contribution < 1.29 is 13.5 Å². The van der Waals surface area contributed by atoms with Crippen LogP contribution in [0.15, 0.2) is 0 Å². The first-order valence-corrected chi connectivity index (χ1v) is 5.19. The summed E-state index contributed by atoms with van der Waals surface area (Å²) in [6.07, 6.45) is -2.36. The Morgan fingerprint density at radius 2 is 1.71 bits per heavy atom. The highest BCUT2D eigenvalue weighted by molar-refractivity contribution is 4.93. The van der Waals surface area contributed by atoms with Crippen LogP contribution in [0, 0.1) is 11.3 Å². The monoisotopic (exact) mass is 206 g/mol. The molecule has 1 aliphatic carbocycles. The highest BCUT2D eigenvalue weighted by Crippen LogP contribution is 2.41. The van der Waals surface area contributed by atoms with Crippen LogP contribution in [0.2, 0.25) is 0 Å². The average molecular weight is 206 g/mol. The summed E-state index contributed by atoms with van der Waals surface area (Å²) < 4.78 is 31.7. The summed E-state index contributed by atoms with van der Waals surface area (Å²) in [7, 11) is 1.47. The van der Waals surface area contributed by atoms with Crippen molar-refractivity contribution in [2.24, 2.45) is 11.3 Å². The van der Waals surface area contributed by atoms with Gasteiger partial charge in [-0.25, -0.2) is 8.78 Å². The van der Waals surface area contributed by atoms with Crippen LogP contribution in [-0.4, -0.2) is 25.6 Å². The number of methoxy groups -OCH3 is 1. The summed E-state index contributed by atoms with van der Waals surface area (Å²) in [4.78, 5) is 0. The molecule has 0 heterocycles. The number of alkyl halides is 2. The second-order valence-corrected chi connectivity index (χ2v) is 5.21. The predicted octanol–water partition coefficient (Wildman–Crippen LogP) is 3.13. The maximum absolute atomic E-state index is 13.5. The van der Waals surface area contributed by atoms with Gasteiger partial charge in [0.15, 0.2) is 6.17 Å². The summed E-state index contributed by atoms with van der Waals surface area (Å²) >= 11 is 0. The summed E-state index contributed by atoms with van der Waals surface area (Å²) in [6.45, 7) is 6.15. The molecule has 3 heteroatoms. The molecule has 14 heavy (non-hydrogen) atoms. The fourth-order valence-corrected chi connectivity index (χ4v) is 2.31. The Balaban J connectivity index is 2.77. The lowest BCUT2D eigenvalue weighted by atomic mass is 9.69. The minimum atomic E-state index is -1.46. The Morgan fingerprint density at radius 1 is 1.14 bits per heavy atom. The molecule has 84 valence electrons. The second-order valence-electron chi connectivity index (χ2n) is 5.21. The van der Waals surface area contributed by atoms with E-state index in [0.29, 0.717) is 12.8 Å². The van der Waals surface area contributed by atoms with E-state index < -0.39 is 18.4 Å².